The predicted molar refractivity (Wildman–Crippen MR) is 136 cm³/mol. The molecule has 0 amide bonds. The minimum absolute atomic E-state index is 0.0817. The minimum atomic E-state index is -0.705. The Balaban J connectivity index is 1.78. The van der Waals surface area contributed by atoms with Crippen molar-refractivity contribution in [3.8, 4) is 0 Å². The molecule has 0 heterocycles. The Kier molecular flexibility index (Phi) is 11.8. The number of benzene rings is 1. The predicted octanol–water partition coefficient (Wildman–Crippen LogP) is 4.10. The van der Waals surface area contributed by atoms with Crippen LogP contribution in [-0.2, 0) is 32.1 Å². The van der Waals surface area contributed by atoms with Gasteiger partial charge in [-0.05, 0) is 56.2 Å². The van der Waals surface area contributed by atoms with Crippen LogP contribution in [0.4, 0.5) is 0 Å². The molecule has 1 fully saturated rings. The van der Waals surface area contributed by atoms with Crippen LogP contribution in [0, 0.1) is 11.8 Å². The number of aliphatic hydroxyl groups excluding tert-OH is 2. The third-order valence-corrected chi connectivity index (χ3v) is 6.80. The summed E-state index contributed by atoms with van der Waals surface area (Å²) in [4.78, 5) is 24.2. The van der Waals surface area contributed by atoms with E-state index in [-0.39, 0.29) is 30.0 Å². The number of thioether (sulfide) groups is 1. The van der Waals surface area contributed by atoms with Crippen molar-refractivity contribution in [3.63, 3.8) is 0 Å². The molecular weight excluding hydrogens is 452 g/mol. The van der Waals surface area contributed by atoms with Crippen molar-refractivity contribution in [1.82, 2.24) is 0 Å². The van der Waals surface area contributed by atoms with E-state index in [2.05, 4.69) is 0 Å². The summed E-state index contributed by atoms with van der Waals surface area (Å²) in [7, 11) is 1.65. The second kappa shape index (κ2) is 14.0. The van der Waals surface area contributed by atoms with Crippen molar-refractivity contribution >= 4 is 23.5 Å². The molecule has 1 saturated carbocycles. The first-order valence-electron chi connectivity index (χ1n) is 12.0. The zero-order valence-corrected chi connectivity index (χ0v) is 21.7. The zero-order chi connectivity index (χ0) is 25.1. The third-order valence-electron chi connectivity index (χ3n) is 5.70. The molecule has 2 rings (SSSR count). The van der Waals surface area contributed by atoms with E-state index in [0.717, 1.165) is 29.1 Å². The summed E-state index contributed by atoms with van der Waals surface area (Å²) in [6, 6.07) is 7.90. The molecule has 0 bridgehead atoms. The largest absolute Gasteiger partial charge is 0.460 e. The summed E-state index contributed by atoms with van der Waals surface area (Å²) >= 11 is 1.71. The standard InChI is InChI=1S/C27H40O6S/c1-27(2,3)33-26(31)9-6-13-34-14-12-23-22(24(29)17-25(23)30)11-10-21(28)16-19-7-5-8-20(15-19)18-32-4/h5,7-8,10-11,15,21-24,28-29H,6,9,12-14,16-18H2,1-4H3. The van der Waals surface area contributed by atoms with Crippen LogP contribution in [0.5, 0.6) is 0 Å². The lowest BCUT2D eigenvalue weighted by atomic mass is 9.91. The molecule has 7 heteroatoms. The molecule has 1 aromatic carbocycles. The van der Waals surface area contributed by atoms with Gasteiger partial charge in [-0.3, -0.25) is 9.59 Å². The topological polar surface area (TPSA) is 93.1 Å². The van der Waals surface area contributed by atoms with E-state index in [9.17, 15) is 19.8 Å². The van der Waals surface area contributed by atoms with Gasteiger partial charge in [0.25, 0.3) is 0 Å². The Morgan fingerprint density at radius 2 is 2.00 bits per heavy atom. The highest BCUT2D eigenvalue weighted by Crippen LogP contribution is 2.34. The molecule has 0 saturated heterocycles. The van der Waals surface area contributed by atoms with Crippen LogP contribution in [0.2, 0.25) is 0 Å². The quantitative estimate of drug-likeness (QED) is 0.243. The molecule has 0 aromatic heterocycles. The van der Waals surface area contributed by atoms with Gasteiger partial charge in [0.2, 0.25) is 0 Å². The number of ketones is 1. The fourth-order valence-corrected chi connectivity index (χ4v) is 5.17. The van der Waals surface area contributed by atoms with Gasteiger partial charge >= 0.3 is 5.97 Å². The van der Waals surface area contributed by atoms with Gasteiger partial charge in [-0.2, -0.15) is 11.8 Å². The number of hydrogen-bond donors (Lipinski definition) is 2. The molecule has 0 spiro atoms. The van der Waals surface area contributed by atoms with Gasteiger partial charge < -0.3 is 19.7 Å². The van der Waals surface area contributed by atoms with E-state index >= 15 is 0 Å². The molecule has 4 unspecified atom stereocenters. The highest BCUT2D eigenvalue weighted by Gasteiger charge is 2.39. The number of esters is 1. The molecule has 34 heavy (non-hydrogen) atoms. The summed E-state index contributed by atoms with van der Waals surface area (Å²) < 4.78 is 10.5. The van der Waals surface area contributed by atoms with Crippen LogP contribution in [0.1, 0.15) is 57.6 Å². The van der Waals surface area contributed by atoms with Gasteiger partial charge in [0.05, 0.1) is 18.8 Å². The first-order valence-corrected chi connectivity index (χ1v) is 13.2. The molecule has 2 N–H and O–H groups in total. The lowest BCUT2D eigenvalue weighted by Gasteiger charge is -2.19. The number of carbonyl (C=O) groups is 2. The van der Waals surface area contributed by atoms with Gasteiger partial charge in [-0.25, -0.2) is 0 Å². The maximum Gasteiger partial charge on any atom is 0.306 e. The van der Waals surface area contributed by atoms with Gasteiger partial charge in [0.1, 0.15) is 11.4 Å². The average molecular weight is 493 g/mol. The third kappa shape index (κ3) is 10.3. The second-order valence-electron chi connectivity index (χ2n) is 9.92. The van der Waals surface area contributed by atoms with Crippen molar-refractivity contribution < 1.29 is 29.3 Å². The maximum atomic E-state index is 12.4. The Labute approximate surface area is 208 Å². The first-order chi connectivity index (χ1) is 16.1. The Hall–Kier alpha value is -1.67. The molecule has 1 aromatic rings. The van der Waals surface area contributed by atoms with E-state index in [1.54, 1.807) is 24.9 Å². The van der Waals surface area contributed by atoms with Crippen LogP contribution in [0.15, 0.2) is 36.4 Å². The van der Waals surface area contributed by atoms with Crippen molar-refractivity contribution in [2.24, 2.45) is 11.8 Å². The molecule has 0 aliphatic heterocycles. The van der Waals surface area contributed by atoms with E-state index in [1.807, 2.05) is 51.1 Å². The normalized spacial score (nSPS) is 21.8. The number of aliphatic hydroxyl groups is 2. The molecule has 1 aliphatic rings. The number of hydrogen-bond acceptors (Lipinski definition) is 7. The van der Waals surface area contributed by atoms with Crippen molar-refractivity contribution in [2.75, 3.05) is 18.6 Å². The number of rotatable bonds is 13. The number of methoxy groups -OCH3 is 1. The highest BCUT2D eigenvalue weighted by atomic mass is 32.2. The second-order valence-corrected chi connectivity index (χ2v) is 11.1. The first kappa shape index (κ1) is 28.6. The van der Waals surface area contributed by atoms with Crippen LogP contribution >= 0.6 is 11.8 Å². The Morgan fingerprint density at radius 1 is 1.26 bits per heavy atom. The molecule has 190 valence electrons. The molecule has 0 radical (unpaired) electrons. The van der Waals surface area contributed by atoms with Gasteiger partial charge in [-0.15, -0.1) is 0 Å². The van der Waals surface area contributed by atoms with Crippen LogP contribution in [0.3, 0.4) is 0 Å². The average Bonchev–Trinajstić information content (AvgIpc) is 3.00. The molecule has 1 aliphatic carbocycles. The fraction of sp³-hybridized carbons (Fsp3) is 0.630. The summed E-state index contributed by atoms with van der Waals surface area (Å²) in [5.41, 5.74) is 1.60. The van der Waals surface area contributed by atoms with Crippen LogP contribution in [0.25, 0.3) is 0 Å². The van der Waals surface area contributed by atoms with Crippen LogP contribution < -0.4 is 0 Å². The van der Waals surface area contributed by atoms with Gasteiger partial charge in [0, 0.05) is 38.2 Å². The van der Waals surface area contributed by atoms with Crippen molar-refractivity contribution in [1.29, 1.82) is 0 Å². The smallest absolute Gasteiger partial charge is 0.306 e. The lowest BCUT2D eigenvalue weighted by Crippen LogP contribution is -2.23. The molecular formula is C27H40O6S. The molecule has 6 nitrogen and oxygen atoms in total. The van der Waals surface area contributed by atoms with Crippen molar-refractivity contribution in [2.45, 2.75) is 77.3 Å². The monoisotopic (exact) mass is 492 g/mol. The highest BCUT2D eigenvalue weighted by molar-refractivity contribution is 7.99. The Morgan fingerprint density at radius 3 is 2.71 bits per heavy atom. The lowest BCUT2D eigenvalue weighted by molar-refractivity contribution is -0.154. The zero-order valence-electron chi connectivity index (χ0n) is 20.9. The summed E-state index contributed by atoms with van der Waals surface area (Å²) in [6.45, 7) is 6.10. The maximum absolute atomic E-state index is 12.4. The van der Waals surface area contributed by atoms with Crippen LogP contribution in [-0.4, -0.2) is 58.4 Å². The molecule has 4 atom stereocenters. The SMILES string of the molecule is COCc1cccc(CC(O)C=CC2C(O)CC(=O)C2CCSCCCC(=O)OC(C)(C)C)c1. The van der Waals surface area contributed by atoms with Gasteiger partial charge in [-0.1, -0.05) is 36.4 Å². The van der Waals surface area contributed by atoms with E-state index in [4.69, 9.17) is 9.47 Å². The Bertz CT molecular complexity index is 816. The summed E-state index contributed by atoms with van der Waals surface area (Å²) in [5.74, 6) is 1.00. The van der Waals surface area contributed by atoms with Crippen molar-refractivity contribution in [3.05, 3.63) is 47.5 Å². The van der Waals surface area contributed by atoms with E-state index in [1.165, 1.54) is 0 Å². The number of carbonyl (C=O) groups excluding carboxylic acids is 2. The number of Topliss-reactive ketones (excluding diaryl/α,β-unsaturated/α-hetero) is 1. The number of ether oxygens (including phenoxy) is 2. The van der Waals surface area contributed by atoms with E-state index < -0.39 is 17.8 Å². The summed E-state index contributed by atoms with van der Waals surface area (Å²) in [5, 5.41) is 20.9. The van der Waals surface area contributed by atoms with E-state index in [0.29, 0.717) is 25.9 Å². The summed E-state index contributed by atoms with van der Waals surface area (Å²) in [6.07, 6.45) is 4.56. The van der Waals surface area contributed by atoms with Gasteiger partial charge in [0.15, 0.2) is 0 Å². The fourth-order valence-electron chi connectivity index (χ4n) is 4.19. The minimum Gasteiger partial charge on any atom is -0.460 e.